The first kappa shape index (κ1) is 81.7. The highest BCUT2D eigenvalue weighted by atomic mass is 19.1. The Kier molecular flexibility index (Phi) is 32.1. The fourth-order valence-electron chi connectivity index (χ4n) is 11.0. The van der Waals surface area contributed by atoms with Crippen LogP contribution in [0.2, 0.25) is 0 Å². The van der Waals surface area contributed by atoms with Gasteiger partial charge >= 0.3 is 6.03 Å². The van der Waals surface area contributed by atoms with Gasteiger partial charge in [-0.15, -0.1) is 0 Å². The summed E-state index contributed by atoms with van der Waals surface area (Å²) < 4.78 is 14.9. The molecule has 1 aromatic heterocycles. The fraction of sp³-hybridized carbons (Fsp3) is 0.478. The maximum absolute atomic E-state index is 14.9. The lowest BCUT2D eigenvalue weighted by Gasteiger charge is -2.28. The van der Waals surface area contributed by atoms with E-state index in [4.69, 9.17) is 22.9 Å². The van der Waals surface area contributed by atoms with E-state index < -0.39 is 132 Å². The maximum Gasteiger partial charge on any atom is 0.329 e. The Bertz CT molecular complexity index is 3620. The largest absolute Gasteiger partial charge is 0.393 e. The second-order valence-electron chi connectivity index (χ2n) is 25.1. The van der Waals surface area contributed by atoms with Gasteiger partial charge < -0.3 is 96.2 Å². The number of rotatable bonds is 39. The SMILES string of the molecule is CCN(CC)CCNC(=O)c1c(C)[nH]c(/C=C2\C(=O)N(C(=O)NCc3ccc(-c4ccc(C[C@@H](NC(=O)C(CCN)NC(=O)[C@H](CCNC(=O)C[C@@H](C)O)NC(=O)CNC(=O)[C@@H](N)[C@@H](C)O)C(=O)N[C@@H](CC(C)C)C(=O)N[C@@H](CCN)C(=O)NCC(N)=O)cc4)cc3)c3ccc(F)cc32)c1C. The van der Waals surface area contributed by atoms with Crippen molar-refractivity contribution in [3.05, 3.63) is 112 Å². The van der Waals surface area contributed by atoms with Crippen LogP contribution in [0.5, 0.6) is 0 Å². The summed E-state index contributed by atoms with van der Waals surface area (Å²) in [5.74, 6) is -9.41. The molecule has 8 atom stereocenters. The normalized spacial score (nSPS) is 14.6. The Hall–Kier alpha value is -9.99. The first-order valence-electron chi connectivity index (χ1n) is 33.5. The number of halogens is 1. The summed E-state index contributed by atoms with van der Waals surface area (Å²) in [6, 6.07) is 8.39. The summed E-state index contributed by atoms with van der Waals surface area (Å²) in [4.78, 5) is 168. The molecule has 101 heavy (non-hydrogen) atoms. The molecule has 0 radical (unpaired) electrons. The minimum atomic E-state index is -1.50. The van der Waals surface area contributed by atoms with Gasteiger partial charge in [-0.05, 0) is 138 Å². The van der Waals surface area contributed by atoms with Crippen molar-refractivity contribution in [3.8, 4) is 11.1 Å². The van der Waals surface area contributed by atoms with E-state index in [1.54, 1.807) is 76.2 Å². The zero-order chi connectivity index (χ0) is 74.8. The topological polar surface area (TPSA) is 492 Å². The zero-order valence-corrected chi connectivity index (χ0v) is 58.3. The number of hydrogen-bond acceptors (Lipinski definition) is 18. The number of H-pyrrole nitrogens is 1. The number of benzene rings is 3. The number of carbonyl (C=O) groups is 12. The molecule has 13 amide bonds. The van der Waals surface area contributed by atoms with Gasteiger partial charge in [0.1, 0.15) is 42.1 Å². The van der Waals surface area contributed by atoms with Gasteiger partial charge in [0.05, 0.1) is 48.5 Å². The minimum Gasteiger partial charge on any atom is -0.393 e. The van der Waals surface area contributed by atoms with Crippen molar-refractivity contribution in [3.63, 3.8) is 0 Å². The summed E-state index contributed by atoms with van der Waals surface area (Å²) in [5.41, 5.74) is 27.5. The van der Waals surface area contributed by atoms with E-state index in [1.807, 2.05) is 13.8 Å². The molecule has 0 fully saturated rings. The Balaban J connectivity index is 1.38. The molecule has 0 saturated carbocycles. The molecule has 550 valence electrons. The average Bonchev–Trinajstić information content (AvgIpc) is 1.61. The summed E-state index contributed by atoms with van der Waals surface area (Å²) in [7, 11) is 0. The molecule has 4 aromatic rings. The minimum absolute atomic E-state index is 0.0246. The van der Waals surface area contributed by atoms with Crippen LogP contribution in [-0.4, -0.2) is 198 Å². The van der Waals surface area contributed by atoms with Crippen molar-refractivity contribution in [1.82, 2.24) is 63.1 Å². The van der Waals surface area contributed by atoms with Crippen molar-refractivity contribution in [2.45, 2.75) is 149 Å². The number of nitrogens with one attached hydrogen (secondary N) is 11. The maximum atomic E-state index is 14.9. The molecule has 32 heteroatoms. The molecule has 1 aliphatic rings. The highest BCUT2D eigenvalue weighted by Gasteiger charge is 2.38. The van der Waals surface area contributed by atoms with Gasteiger partial charge in [-0.3, -0.25) is 52.7 Å². The van der Waals surface area contributed by atoms with Gasteiger partial charge in [-0.25, -0.2) is 14.1 Å². The van der Waals surface area contributed by atoms with Crippen molar-refractivity contribution in [1.29, 1.82) is 0 Å². The van der Waals surface area contributed by atoms with Gasteiger partial charge in [-0.1, -0.05) is 76.2 Å². The number of urea groups is 1. The Morgan fingerprint density at radius 1 is 0.634 bits per heavy atom. The summed E-state index contributed by atoms with van der Waals surface area (Å²) >= 11 is 0. The number of primary amides is 1. The van der Waals surface area contributed by atoms with Gasteiger partial charge in [-0.2, -0.15) is 0 Å². The van der Waals surface area contributed by atoms with E-state index in [1.165, 1.54) is 32.1 Å². The number of aliphatic hydroxyl groups excluding tert-OH is 2. The Morgan fingerprint density at radius 3 is 1.74 bits per heavy atom. The predicted molar refractivity (Wildman–Crippen MR) is 375 cm³/mol. The molecule has 3 aromatic carbocycles. The number of aryl methyl sites for hydroxylation is 1. The summed E-state index contributed by atoms with van der Waals surface area (Å²) in [6.07, 6.45) is -1.81. The van der Waals surface area contributed by atoms with Gasteiger partial charge in [0.2, 0.25) is 53.2 Å². The van der Waals surface area contributed by atoms with Crippen molar-refractivity contribution >= 4 is 88.3 Å². The Labute approximate surface area is 585 Å². The molecule has 21 N–H and O–H groups in total. The number of nitrogens with zero attached hydrogens (tertiary/aromatic N) is 2. The Morgan fingerprint density at radius 2 is 1.18 bits per heavy atom. The third kappa shape index (κ3) is 24.7. The van der Waals surface area contributed by atoms with Gasteiger partial charge in [0.25, 0.3) is 11.8 Å². The van der Waals surface area contributed by atoms with E-state index in [0.29, 0.717) is 57.9 Å². The van der Waals surface area contributed by atoms with E-state index in [0.717, 1.165) is 24.1 Å². The van der Waals surface area contributed by atoms with Crippen LogP contribution in [0, 0.1) is 25.6 Å². The first-order valence-corrected chi connectivity index (χ1v) is 33.5. The smallest absolute Gasteiger partial charge is 0.329 e. The van der Waals surface area contributed by atoms with Crippen LogP contribution in [0.1, 0.15) is 118 Å². The van der Waals surface area contributed by atoms with Crippen molar-refractivity contribution in [2.24, 2.45) is 28.9 Å². The summed E-state index contributed by atoms with van der Waals surface area (Å²) in [5, 5.41) is 45.3. The number of fused-ring (bicyclic) bond motifs is 1. The van der Waals surface area contributed by atoms with Gasteiger partial charge in [0, 0.05) is 49.6 Å². The molecule has 1 aliphatic heterocycles. The molecule has 31 nitrogen and oxygen atoms in total. The van der Waals surface area contributed by atoms with Crippen molar-refractivity contribution < 1.29 is 72.1 Å². The van der Waals surface area contributed by atoms with Gasteiger partial charge in [0.15, 0.2) is 0 Å². The first-order chi connectivity index (χ1) is 47.9. The van der Waals surface area contributed by atoms with Crippen LogP contribution >= 0.6 is 0 Å². The number of aliphatic hydroxyl groups is 2. The summed E-state index contributed by atoms with van der Waals surface area (Å²) in [6.45, 7) is 14.8. The number of carbonyl (C=O) groups excluding carboxylic acids is 12. The number of likely N-dealkylation sites (N-methyl/N-ethyl adjacent to an activating group) is 1. The predicted octanol–water partition coefficient (Wildman–Crippen LogP) is -1.28. The number of anilines is 1. The van der Waals surface area contributed by atoms with Crippen LogP contribution in [0.15, 0.2) is 66.7 Å². The number of hydrogen-bond donors (Lipinski definition) is 17. The molecule has 0 saturated heterocycles. The van der Waals surface area contributed by atoms with Crippen molar-refractivity contribution in [2.75, 3.05) is 63.8 Å². The number of aromatic nitrogens is 1. The number of amides is 13. The lowest BCUT2D eigenvalue weighted by atomic mass is 9.98. The highest BCUT2D eigenvalue weighted by molar-refractivity contribution is 6.42. The molecule has 1 unspecified atom stereocenters. The molecule has 0 aliphatic carbocycles. The molecule has 2 heterocycles. The van der Waals surface area contributed by atoms with Crippen LogP contribution in [0.25, 0.3) is 22.8 Å². The van der Waals surface area contributed by atoms with Crippen LogP contribution in [0.3, 0.4) is 0 Å². The number of nitrogens with two attached hydrogens (primary N) is 4. The second kappa shape index (κ2) is 39.7. The van der Waals surface area contributed by atoms with E-state index in [9.17, 15) is 72.1 Å². The number of aromatic amines is 1. The molecule has 0 bridgehead atoms. The fourth-order valence-corrected chi connectivity index (χ4v) is 11.0. The van der Waals surface area contributed by atoms with E-state index in [-0.39, 0.29) is 93.4 Å². The monoisotopic (exact) mass is 1410 g/mol. The molecule has 5 rings (SSSR count). The molecule has 0 spiro atoms. The number of imide groups is 1. The third-order valence-electron chi connectivity index (χ3n) is 16.6. The second-order valence-corrected chi connectivity index (χ2v) is 25.1. The zero-order valence-electron chi connectivity index (χ0n) is 58.3. The van der Waals surface area contributed by atoms with Crippen LogP contribution < -0.4 is 81.0 Å². The lowest BCUT2D eigenvalue weighted by Crippen LogP contribution is -2.60. The quantitative estimate of drug-likeness (QED) is 0.0231. The molecular formula is C69H98FN17O14. The molecular weight excluding hydrogens is 1310 g/mol. The van der Waals surface area contributed by atoms with Crippen LogP contribution in [-0.2, 0) is 60.9 Å². The average molecular weight is 1410 g/mol. The van der Waals surface area contributed by atoms with E-state index in [2.05, 4.69) is 63.1 Å². The lowest BCUT2D eigenvalue weighted by molar-refractivity contribution is -0.135. The van der Waals surface area contributed by atoms with E-state index >= 15 is 0 Å². The third-order valence-corrected chi connectivity index (χ3v) is 16.6. The highest BCUT2D eigenvalue weighted by Crippen LogP contribution is 2.39. The standard InChI is InChI=1S/C69H98FN17O14/c1-9-86(10-2)28-27-76-66(98)59-39(6)52(80-40(59)7)33-48-47-32-46(70)19-20-55(47)87(68(48)100)69(101)79-34-43-13-17-45(18-14-43)44-15-11-42(12-16-44)31-54(65(97)84-53(29-37(3)4)64(96)82-49(21-24-71)61(93)77-35-56(73)90)85-62(94)50(22-25-72)83-63(95)51(23-26-75-57(91)30-38(5)88)81-58(92)36-78-67(99)60(74)41(8)89/h11-20,32-33,37-38,41,49-51,53-54,60,80,88-89H,9-10,21-31,34-36,71-72,74H2,1-8H3,(H2,73,90)(H,75,91)(H,76,98)(H,77,93)(H,78,99)(H,79,101)(H,81,92)(H,82,96)(H,83,95)(H,84,97)(H,85,94)/b48-33-/t38-,41-,49+,50?,51+,53+,54-,60+/m1/s1. The van der Waals surface area contributed by atoms with Crippen LogP contribution in [0.4, 0.5) is 14.9 Å².